The first-order valence-corrected chi connectivity index (χ1v) is 7.87. The lowest BCUT2D eigenvalue weighted by molar-refractivity contribution is 0.162. The lowest BCUT2D eigenvalue weighted by Crippen LogP contribution is -2.25. The van der Waals surface area contributed by atoms with Crippen LogP contribution in [0.4, 0.5) is 0 Å². The van der Waals surface area contributed by atoms with E-state index in [-0.39, 0.29) is 0 Å². The van der Waals surface area contributed by atoms with Crippen LogP contribution in [-0.2, 0) is 0 Å². The first-order chi connectivity index (χ1) is 8.47. The number of rotatable bonds is 5. The van der Waals surface area contributed by atoms with Gasteiger partial charge in [0.15, 0.2) is 0 Å². The van der Waals surface area contributed by atoms with Gasteiger partial charge in [0.1, 0.15) is 0 Å². The summed E-state index contributed by atoms with van der Waals surface area (Å²) in [6, 6.07) is 0. The van der Waals surface area contributed by atoms with Crippen molar-refractivity contribution >= 4 is 0 Å². The van der Waals surface area contributed by atoms with Crippen molar-refractivity contribution in [1.29, 1.82) is 0 Å². The molecule has 1 aliphatic rings. The van der Waals surface area contributed by atoms with Crippen LogP contribution in [0.1, 0.15) is 66.7 Å². The van der Waals surface area contributed by atoms with E-state index < -0.39 is 0 Å². The molecule has 0 bridgehead atoms. The highest BCUT2D eigenvalue weighted by Gasteiger charge is 2.28. The van der Waals surface area contributed by atoms with E-state index in [4.69, 9.17) is 0 Å². The Balaban J connectivity index is 2.44. The lowest BCUT2D eigenvalue weighted by atomic mass is 9.69. The highest BCUT2D eigenvalue weighted by atomic mass is 14.8. The summed E-state index contributed by atoms with van der Waals surface area (Å²) < 4.78 is 0. The molecule has 0 aromatic heterocycles. The van der Waals surface area contributed by atoms with Crippen LogP contribution >= 0.6 is 0 Å². The van der Waals surface area contributed by atoms with Gasteiger partial charge in [-0.25, -0.2) is 0 Å². The highest BCUT2D eigenvalue weighted by molar-refractivity contribution is 5.06. The van der Waals surface area contributed by atoms with E-state index in [9.17, 15) is 0 Å². The van der Waals surface area contributed by atoms with Crippen molar-refractivity contribution in [3.63, 3.8) is 0 Å². The summed E-state index contributed by atoms with van der Waals surface area (Å²) in [5, 5.41) is 3.45. The Morgan fingerprint density at radius 1 is 1.11 bits per heavy atom. The molecule has 0 heterocycles. The molecule has 0 aromatic rings. The largest absolute Gasteiger partial charge is 0.313 e. The fourth-order valence-electron chi connectivity index (χ4n) is 3.07. The maximum absolute atomic E-state index is 3.45. The van der Waals surface area contributed by atoms with Crippen molar-refractivity contribution in [3.05, 3.63) is 11.6 Å². The highest BCUT2D eigenvalue weighted by Crippen LogP contribution is 2.40. The topological polar surface area (TPSA) is 12.0 Å². The van der Waals surface area contributed by atoms with Crippen molar-refractivity contribution in [3.8, 4) is 0 Å². The Morgan fingerprint density at radius 3 is 2.17 bits per heavy atom. The lowest BCUT2D eigenvalue weighted by Gasteiger charge is -2.36. The predicted octanol–water partition coefficient (Wildman–Crippen LogP) is 4.78. The second-order valence-corrected chi connectivity index (χ2v) is 6.94. The predicted molar refractivity (Wildman–Crippen MR) is 81.8 cm³/mol. The van der Waals surface area contributed by atoms with E-state index in [2.05, 4.69) is 46.0 Å². The first kappa shape index (κ1) is 15.8. The molecule has 0 atom stereocenters. The van der Waals surface area contributed by atoms with E-state index in [1.165, 1.54) is 32.1 Å². The van der Waals surface area contributed by atoms with Gasteiger partial charge in [0, 0.05) is 6.54 Å². The van der Waals surface area contributed by atoms with Gasteiger partial charge in [-0.1, -0.05) is 46.3 Å². The van der Waals surface area contributed by atoms with Gasteiger partial charge in [0.25, 0.3) is 0 Å². The Morgan fingerprint density at radius 2 is 1.72 bits per heavy atom. The minimum atomic E-state index is 0.506. The maximum Gasteiger partial charge on any atom is 0.0164 e. The summed E-state index contributed by atoms with van der Waals surface area (Å²) in [5.74, 6) is 1.78. The number of nitrogens with one attached hydrogen (secondary N) is 1. The molecule has 0 radical (unpaired) electrons. The smallest absolute Gasteiger partial charge is 0.0164 e. The quantitative estimate of drug-likeness (QED) is 0.693. The summed E-state index contributed by atoms with van der Waals surface area (Å²) in [6.45, 7) is 13.8. The molecule has 1 fully saturated rings. The van der Waals surface area contributed by atoms with Gasteiger partial charge in [0.05, 0.1) is 0 Å². The molecular weight excluding hydrogens is 218 g/mol. The van der Waals surface area contributed by atoms with Crippen molar-refractivity contribution in [2.75, 3.05) is 13.1 Å². The summed E-state index contributed by atoms with van der Waals surface area (Å²) >= 11 is 0. The van der Waals surface area contributed by atoms with E-state index in [1.54, 1.807) is 5.57 Å². The zero-order chi connectivity index (χ0) is 13.6. The Labute approximate surface area is 114 Å². The average molecular weight is 251 g/mol. The first-order valence-electron chi connectivity index (χ1n) is 7.87. The summed E-state index contributed by atoms with van der Waals surface area (Å²) in [5.41, 5.74) is 2.11. The summed E-state index contributed by atoms with van der Waals surface area (Å²) in [7, 11) is 0. The molecule has 106 valence electrons. The molecule has 0 spiro atoms. The van der Waals surface area contributed by atoms with E-state index >= 15 is 0 Å². The van der Waals surface area contributed by atoms with E-state index in [0.29, 0.717) is 5.41 Å². The normalized spacial score (nSPS) is 26.4. The molecule has 1 heteroatoms. The van der Waals surface area contributed by atoms with Crippen LogP contribution < -0.4 is 5.32 Å². The van der Waals surface area contributed by atoms with Gasteiger partial charge in [-0.2, -0.15) is 0 Å². The second-order valence-electron chi connectivity index (χ2n) is 6.94. The van der Waals surface area contributed by atoms with Crippen molar-refractivity contribution in [2.24, 2.45) is 17.3 Å². The van der Waals surface area contributed by atoms with Crippen molar-refractivity contribution in [2.45, 2.75) is 66.7 Å². The van der Waals surface area contributed by atoms with Crippen molar-refractivity contribution < 1.29 is 0 Å². The molecule has 1 aliphatic carbocycles. The molecule has 1 N–H and O–H groups in total. The minimum absolute atomic E-state index is 0.506. The van der Waals surface area contributed by atoms with E-state index in [0.717, 1.165) is 24.9 Å². The van der Waals surface area contributed by atoms with Gasteiger partial charge >= 0.3 is 0 Å². The third kappa shape index (κ3) is 5.14. The molecular formula is C17H33N. The molecule has 0 aliphatic heterocycles. The summed E-state index contributed by atoms with van der Waals surface area (Å²) in [6.07, 6.45) is 9.41. The Kier molecular flexibility index (Phi) is 6.42. The monoisotopic (exact) mass is 251 g/mol. The fourth-order valence-corrected chi connectivity index (χ4v) is 3.07. The number of likely N-dealkylation sites (N-methyl/N-ethyl adjacent to an activating group) is 1. The molecule has 1 nitrogen and oxygen atoms in total. The van der Waals surface area contributed by atoms with E-state index in [1.807, 2.05) is 0 Å². The zero-order valence-electron chi connectivity index (χ0n) is 13.2. The number of hydrogen-bond donors (Lipinski definition) is 1. The van der Waals surface area contributed by atoms with Gasteiger partial charge in [-0.05, 0) is 55.9 Å². The second kappa shape index (κ2) is 7.33. The fraction of sp³-hybridized carbons (Fsp3) is 0.882. The van der Waals surface area contributed by atoms with Gasteiger partial charge in [-0.15, -0.1) is 0 Å². The van der Waals surface area contributed by atoms with Crippen molar-refractivity contribution in [1.82, 2.24) is 5.32 Å². The third-order valence-corrected chi connectivity index (χ3v) is 4.52. The Hall–Kier alpha value is -0.300. The standard InChI is InChI=1S/C17H33N/c1-6-14(13-18-7-2)12-15-8-10-16(11-9-15)17(3,4)5/h12,15-16,18H,6-11,13H2,1-5H3. The SMILES string of the molecule is CCNCC(=CC1CCC(C(C)(C)C)CC1)CC. The number of hydrogen-bond acceptors (Lipinski definition) is 1. The average Bonchev–Trinajstić information content (AvgIpc) is 2.34. The third-order valence-electron chi connectivity index (χ3n) is 4.52. The van der Waals surface area contributed by atoms with Crippen LogP contribution in [0.2, 0.25) is 0 Å². The van der Waals surface area contributed by atoms with Crippen LogP contribution in [-0.4, -0.2) is 13.1 Å². The van der Waals surface area contributed by atoms with Crippen LogP contribution in [0, 0.1) is 17.3 Å². The van der Waals surface area contributed by atoms with Crippen LogP contribution in [0.5, 0.6) is 0 Å². The molecule has 0 aromatic carbocycles. The van der Waals surface area contributed by atoms with Crippen LogP contribution in [0.15, 0.2) is 11.6 Å². The number of allylic oxidation sites excluding steroid dienone is 1. The molecule has 18 heavy (non-hydrogen) atoms. The summed E-state index contributed by atoms with van der Waals surface area (Å²) in [4.78, 5) is 0. The zero-order valence-corrected chi connectivity index (χ0v) is 13.2. The minimum Gasteiger partial charge on any atom is -0.313 e. The molecule has 1 rings (SSSR count). The van der Waals surface area contributed by atoms with Crippen LogP contribution in [0.25, 0.3) is 0 Å². The van der Waals surface area contributed by atoms with Crippen LogP contribution in [0.3, 0.4) is 0 Å². The van der Waals surface area contributed by atoms with Gasteiger partial charge in [-0.3, -0.25) is 0 Å². The Bertz CT molecular complexity index is 251. The van der Waals surface area contributed by atoms with Gasteiger partial charge < -0.3 is 5.32 Å². The van der Waals surface area contributed by atoms with Gasteiger partial charge in [0.2, 0.25) is 0 Å². The molecule has 0 saturated heterocycles. The molecule has 0 unspecified atom stereocenters. The maximum atomic E-state index is 3.45. The molecule has 1 saturated carbocycles. The molecule has 0 amide bonds.